The van der Waals surface area contributed by atoms with Crippen molar-refractivity contribution in [3.05, 3.63) is 45.0 Å². The molecule has 0 aliphatic heterocycles. The van der Waals surface area contributed by atoms with Crippen LogP contribution in [0.5, 0.6) is 0 Å². The molecule has 0 saturated heterocycles. The quantitative estimate of drug-likeness (QED) is 0.738. The Balaban J connectivity index is 2.68. The maximum atomic E-state index is 4.16. The van der Waals surface area contributed by atoms with Gasteiger partial charge >= 0.3 is 0 Å². The second-order valence-corrected chi connectivity index (χ2v) is 4.94. The first kappa shape index (κ1) is 10.7. The van der Waals surface area contributed by atoms with Gasteiger partial charge in [-0.15, -0.1) is 0 Å². The van der Waals surface area contributed by atoms with E-state index in [1.54, 1.807) is 0 Å². The fraction of sp³-hybridized carbons (Fsp3) is 0.250. The van der Waals surface area contributed by atoms with E-state index in [4.69, 9.17) is 0 Å². The fourth-order valence-electron chi connectivity index (χ4n) is 2.00. The molecule has 0 aliphatic rings. The summed E-state index contributed by atoms with van der Waals surface area (Å²) in [4.78, 5) is 4.16. The smallest absolute Gasteiger partial charge is 0.104 e. The van der Waals surface area contributed by atoms with Gasteiger partial charge in [-0.25, -0.2) is 4.98 Å². The molecule has 1 aromatic carbocycles. The van der Waals surface area contributed by atoms with E-state index in [1.807, 2.05) is 12.5 Å². The van der Waals surface area contributed by atoms with Gasteiger partial charge in [-0.2, -0.15) is 0 Å². The normalized spacial score (nSPS) is 10.7. The van der Waals surface area contributed by atoms with E-state index >= 15 is 0 Å². The minimum Gasteiger partial charge on any atom is -0.294 e. The highest BCUT2D eigenvalue weighted by molar-refractivity contribution is 14.1. The van der Waals surface area contributed by atoms with E-state index in [-0.39, 0.29) is 0 Å². The predicted octanol–water partition coefficient (Wildman–Crippen LogP) is 3.40. The minimum atomic E-state index is 1.14. The average Bonchev–Trinajstić information content (AvgIpc) is 2.50. The molecule has 3 heteroatoms. The molecule has 1 heterocycles. The van der Waals surface area contributed by atoms with Gasteiger partial charge in [-0.1, -0.05) is 17.7 Å². The fourth-order valence-corrected chi connectivity index (χ4v) is 2.52. The van der Waals surface area contributed by atoms with Crippen molar-refractivity contribution in [1.82, 2.24) is 9.55 Å². The summed E-state index contributed by atoms with van der Waals surface area (Å²) in [5.41, 5.74) is 5.15. The molecule has 1 aromatic heterocycles. The third kappa shape index (κ3) is 1.93. The Kier molecular flexibility index (Phi) is 2.82. The molecule has 78 valence electrons. The number of benzene rings is 1. The summed E-state index contributed by atoms with van der Waals surface area (Å²) in [7, 11) is 0. The van der Waals surface area contributed by atoms with E-state index < -0.39 is 0 Å². The lowest BCUT2D eigenvalue weighted by Crippen LogP contribution is -2.01. The molecule has 0 spiro atoms. The molecule has 0 unspecified atom stereocenters. The van der Waals surface area contributed by atoms with Crippen LogP contribution in [-0.2, 0) is 0 Å². The van der Waals surface area contributed by atoms with Gasteiger partial charge < -0.3 is 0 Å². The van der Waals surface area contributed by atoms with Gasteiger partial charge in [0, 0.05) is 0 Å². The lowest BCUT2D eigenvalue weighted by molar-refractivity contribution is 0.995. The zero-order chi connectivity index (χ0) is 11.0. The molecule has 0 bridgehead atoms. The van der Waals surface area contributed by atoms with Gasteiger partial charge in [0.15, 0.2) is 0 Å². The molecule has 2 nitrogen and oxygen atoms in total. The molecule has 0 saturated carbocycles. The zero-order valence-corrected chi connectivity index (χ0v) is 11.2. The molecule has 0 aliphatic carbocycles. The van der Waals surface area contributed by atoms with Gasteiger partial charge in [0.2, 0.25) is 0 Å². The van der Waals surface area contributed by atoms with E-state index in [9.17, 15) is 0 Å². The lowest BCUT2D eigenvalue weighted by Gasteiger charge is -2.12. The van der Waals surface area contributed by atoms with Crippen molar-refractivity contribution in [2.75, 3.05) is 0 Å². The van der Waals surface area contributed by atoms with Gasteiger partial charge in [-0.05, 0) is 54.5 Å². The molecule has 0 radical (unpaired) electrons. The van der Waals surface area contributed by atoms with Crippen LogP contribution in [0.3, 0.4) is 0 Å². The van der Waals surface area contributed by atoms with Crippen LogP contribution < -0.4 is 0 Å². The topological polar surface area (TPSA) is 17.8 Å². The van der Waals surface area contributed by atoms with Crippen molar-refractivity contribution in [3.8, 4) is 5.69 Å². The summed E-state index contributed by atoms with van der Waals surface area (Å²) in [5.74, 6) is 0. The number of hydrogen-bond acceptors (Lipinski definition) is 1. The summed E-state index contributed by atoms with van der Waals surface area (Å²) in [5, 5.41) is 0. The maximum absolute atomic E-state index is 4.16. The molecule has 2 rings (SSSR count). The van der Waals surface area contributed by atoms with Gasteiger partial charge in [0.1, 0.15) is 10.0 Å². The number of imidazole rings is 1. The zero-order valence-electron chi connectivity index (χ0n) is 9.08. The Morgan fingerprint density at radius 3 is 2.20 bits per heavy atom. The summed E-state index contributed by atoms with van der Waals surface area (Å²) < 4.78 is 3.27. The molecule has 0 amide bonds. The number of aromatic nitrogens is 2. The Labute approximate surface area is 103 Å². The summed E-state index contributed by atoms with van der Waals surface area (Å²) in [6.45, 7) is 6.42. The summed E-state index contributed by atoms with van der Waals surface area (Å²) >= 11 is 2.30. The first-order valence-electron chi connectivity index (χ1n) is 4.85. The number of rotatable bonds is 1. The third-order valence-corrected chi connectivity index (χ3v) is 3.27. The van der Waals surface area contributed by atoms with E-state index in [0.29, 0.717) is 0 Å². The van der Waals surface area contributed by atoms with Gasteiger partial charge in [-0.3, -0.25) is 4.57 Å². The molecule has 0 N–H and O–H groups in total. The highest BCUT2D eigenvalue weighted by atomic mass is 127. The minimum absolute atomic E-state index is 1.14. The first-order valence-corrected chi connectivity index (χ1v) is 5.93. The monoisotopic (exact) mass is 312 g/mol. The second-order valence-electron chi connectivity index (χ2n) is 3.83. The third-order valence-electron chi connectivity index (χ3n) is 2.47. The summed E-state index contributed by atoms with van der Waals surface area (Å²) in [6, 6.07) is 4.41. The second kappa shape index (κ2) is 3.96. The molecular weight excluding hydrogens is 299 g/mol. The van der Waals surface area contributed by atoms with Crippen LogP contribution in [0.4, 0.5) is 0 Å². The number of aryl methyl sites for hydroxylation is 3. The van der Waals surface area contributed by atoms with Crippen LogP contribution in [0.1, 0.15) is 16.7 Å². The van der Waals surface area contributed by atoms with Gasteiger partial charge in [0.05, 0.1) is 11.9 Å². The van der Waals surface area contributed by atoms with Crippen LogP contribution in [0, 0.1) is 24.5 Å². The highest BCUT2D eigenvalue weighted by Gasteiger charge is 2.08. The molecule has 2 aromatic rings. The van der Waals surface area contributed by atoms with Crippen LogP contribution in [0.25, 0.3) is 5.69 Å². The number of nitrogens with zero attached hydrogens (tertiary/aromatic N) is 2. The Morgan fingerprint density at radius 1 is 1.13 bits per heavy atom. The van der Waals surface area contributed by atoms with E-state index in [0.717, 1.165) is 3.70 Å². The number of hydrogen-bond donors (Lipinski definition) is 0. The van der Waals surface area contributed by atoms with Crippen molar-refractivity contribution in [2.24, 2.45) is 0 Å². The summed E-state index contributed by atoms with van der Waals surface area (Å²) in [6.07, 6.45) is 3.74. The first-order chi connectivity index (χ1) is 7.09. The van der Waals surface area contributed by atoms with Crippen LogP contribution in [0.2, 0.25) is 0 Å². The Bertz CT molecular complexity index is 477. The van der Waals surface area contributed by atoms with E-state index in [1.165, 1.54) is 22.4 Å². The van der Waals surface area contributed by atoms with Crippen LogP contribution >= 0.6 is 22.6 Å². The molecule has 0 atom stereocenters. The van der Waals surface area contributed by atoms with Crippen molar-refractivity contribution in [3.63, 3.8) is 0 Å². The van der Waals surface area contributed by atoms with Crippen molar-refractivity contribution in [2.45, 2.75) is 20.8 Å². The highest BCUT2D eigenvalue weighted by Crippen LogP contribution is 2.22. The average molecular weight is 312 g/mol. The Hall–Kier alpha value is -0.840. The molecular formula is C12H13IN2. The van der Waals surface area contributed by atoms with Crippen LogP contribution in [0.15, 0.2) is 24.7 Å². The van der Waals surface area contributed by atoms with Gasteiger partial charge in [0.25, 0.3) is 0 Å². The molecule has 0 fully saturated rings. The number of halogens is 1. The SMILES string of the molecule is Cc1cc(C)c(-n2cncc2I)c(C)c1. The van der Waals surface area contributed by atoms with Crippen molar-refractivity contribution < 1.29 is 0 Å². The van der Waals surface area contributed by atoms with Crippen molar-refractivity contribution >= 4 is 22.6 Å². The maximum Gasteiger partial charge on any atom is 0.104 e. The lowest BCUT2D eigenvalue weighted by atomic mass is 10.1. The largest absolute Gasteiger partial charge is 0.294 e. The van der Waals surface area contributed by atoms with E-state index in [2.05, 4.69) is 65.0 Å². The standard InChI is InChI=1S/C12H13IN2/c1-8-4-9(2)12(10(3)5-8)15-7-14-6-11(15)13/h4-7H,1-3H3. The Morgan fingerprint density at radius 2 is 1.73 bits per heavy atom. The van der Waals surface area contributed by atoms with Crippen molar-refractivity contribution in [1.29, 1.82) is 0 Å². The molecule has 15 heavy (non-hydrogen) atoms. The van der Waals surface area contributed by atoms with Crippen LogP contribution in [-0.4, -0.2) is 9.55 Å². The predicted molar refractivity (Wildman–Crippen MR) is 70.5 cm³/mol.